The number of carboxylic acid groups (broad SMARTS) is 1. The molecule has 204 valence electrons. The number of esters is 2. The third kappa shape index (κ3) is 6.72. The van der Waals surface area contributed by atoms with Crippen molar-refractivity contribution >= 4 is 24.0 Å². The van der Waals surface area contributed by atoms with E-state index in [2.05, 4.69) is 0 Å². The van der Waals surface area contributed by atoms with Crippen molar-refractivity contribution in [1.29, 1.82) is 0 Å². The van der Waals surface area contributed by atoms with Crippen molar-refractivity contribution in [2.75, 3.05) is 7.11 Å². The van der Waals surface area contributed by atoms with Crippen LogP contribution in [-0.4, -0.2) is 79.6 Å². The number of aromatic hydroxyl groups is 3. The minimum absolute atomic E-state index is 0.114. The Kier molecular flexibility index (Phi) is 8.81. The summed E-state index contributed by atoms with van der Waals surface area (Å²) in [4.78, 5) is 36.7. The largest absolute Gasteiger partial charge is 0.504 e. The van der Waals surface area contributed by atoms with Gasteiger partial charge in [-0.2, -0.15) is 0 Å². The molecule has 0 heterocycles. The number of aliphatic hydroxyl groups excluding tert-OH is 2. The van der Waals surface area contributed by atoms with E-state index in [-0.39, 0.29) is 35.8 Å². The van der Waals surface area contributed by atoms with Crippen LogP contribution in [0.5, 0.6) is 23.0 Å². The Morgan fingerprint density at radius 3 is 2.24 bits per heavy atom. The number of aryl methyl sites for hydroxylation is 1. The molecule has 3 rings (SSSR count). The van der Waals surface area contributed by atoms with Gasteiger partial charge in [0.2, 0.25) is 5.60 Å². The molecule has 2 unspecified atom stereocenters. The number of methoxy groups -OCH3 is 1. The number of aliphatic carboxylic acids is 1. The summed E-state index contributed by atoms with van der Waals surface area (Å²) in [7, 11) is 1.35. The number of hydrogen-bond donors (Lipinski definition) is 6. The van der Waals surface area contributed by atoms with E-state index in [4.69, 9.17) is 14.2 Å². The second-order valence-corrected chi connectivity index (χ2v) is 8.81. The lowest BCUT2D eigenvalue weighted by Crippen LogP contribution is -2.59. The molecule has 6 N–H and O–H groups in total. The zero-order valence-electron chi connectivity index (χ0n) is 20.3. The molecule has 0 aliphatic heterocycles. The molecule has 2 aromatic carbocycles. The van der Waals surface area contributed by atoms with Gasteiger partial charge in [0.15, 0.2) is 29.1 Å². The monoisotopic (exact) mass is 532 g/mol. The first-order chi connectivity index (χ1) is 17.9. The summed E-state index contributed by atoms with van der Waals surface area (Å²) in [6.45, 7) is 0. The van der Waals surface area contributed by atoms with Crippen LogP contribution in [0.3, 0.4) is 0 Å². The topological polar surface area (TPSA) is 200 Å². The number of rotatable bonds is 9. The van der Waals surface area contributed by atoms with Crippen LogP contribution in [0.15, 0.2) is 42.5 Å². The zero-order chi connectivity index (χ0) is 28.0. The second-order valence-electron chi connectivity index (χ2n) is 8.81. The Morgan fingerprint density at radius 1 is 0.974 bits per heavy atom. The van der Waals surface area contributed by atoms with E-state index in [1.54, 1.807) is 0 Å². The maximum Gasteiger partial charge on any atom is 0.348 e. The van der Waals surface area contributed by atoms with E-state index in [9.17, 15) is 45.0 Å². The quantitative estimate of drug-likeness (QED) is 0.154. The molecule has 0 spiro atoms. The molecule has 12 nitrogen and oxygen atoms in total. The van der Waals surface area contributed by atoms with Crippen LogP contribution in [0.25, 0.3) is 6.08 Å². The van der Waals surface area contributed by atoms with Crippen LogP contribution in [0.1, 0.15) is 30.4 Å². The fourth-order valence-corrected chi connectivity index (χ4v) is 4.08. The molecule has 0 saturated heterocycles. The molecular formula is C26H28O12. The first kappa shape index (κ1) is 28.3. The summed E-state index contributed by atoms with van der Waals surface area (Å²) < 4.78 is 15.3. The predicted octanol–water partition coefficient (Wildman–Crippen LogP) is 1.25. The highest BCUT2D eigenvalue weighted by atomic mass is 16.6. The van der Waals surface area contributed by atoms with Crippen LogP contribution in [0.4, 0.5) is 0 Å². The lowest BCUT2D eigenvalue weighted by atomic mass is 9.79. The lowest BCUT2D eigenvalue weighted by Gasteiger charge is -2.41. The van der Waals surface area contributed by atoms with Crippen LogP contribution in [0, 0.1) is 0 Å². The number of ether oxygens (including phenoxy) is 3. The molecule has 1 aliphatic rings. The van der Waals surface area contributed by atoms with Crippen molar-refractivity contribution in [2.45, 2.75) is 49.6 Å². The molecule has 2 atom stereocenters. The minimum Gasteiger partial charge on any atom is -0.504 e. The van der Waals surface area contributed by atoms with Crippen molar-refractivity contribution in [3.8, 4) is 23.0 Å². The fourth-order valence-electron chi connectivity index (χ4n) is 4.08. The number of phenolic OH excluding ortho intramolecular Hbond substituents is 3. The lowest BCUT2D eigenvalue weighted by molar-refractivity contribution is -0.209. The van der Waals surface area contributed by atoms with Gasteiger partial charge in [-0.1, -0.05) is 12.1 Å². The summed E-state index contributed by atoms with van der Waals surface area (Å²) in [5.74, 6) is -4.09. The number of benzene rings is 2. The predicted molar refractivity (Wildman–Crippen MR) is 129 cm³/mol. The first-order valence-electron chi connectivity index (χ1n) is 11.5. The van der Waals surface area contributed by atoms with Crippen molar-refractivity contribution in [1.82, 2.24) is 0 Å². The normalized spacial score (nSPS) is 23.1. The molecule has 1 saturated carbocycles. The van der Waals surface area contributed by atoms with E-state index < -0.39 is 54.7 Å². The summed E-state index contributed by atoms with van der Waals surface area (Å²) in [5.41, 5.74) is -1.31. The molecular weight excluding hydrogens is 504 g/mol. The average molecular weight is 532 g/mol. The third-order valence-electron chi connectivity index (χ3n) is 6.06. The minimum atomic E-state index is -2.28. The number of hydrogen-bond acceptors (Lipinski definition) is 11. The van der Waals surface area contributed by atoms with E-state index >= 15 is 0 Å². The number of phenols is 3. The van der Waals surface area contributed by atoms with Crippen molar-refractivity contribution < 1.29 is 59.2 Å². The summed E-state index contributed by atoms with van der Waals surface area (Å²) in [6, 6.07) is 8.28. The molecule has 0 amide bonds. The molecule has 1 fully saturated rings. The highest BCUT2D eigenvalue weighted by Gasteiger charge is 2.54. The standard InChI is InChI=1S/C26H28O12/c1-36-21-11-15(3-7-17(21)28)5-9-23(33)38-26(25(34)35)12-19(30)24(20(31)13-26)37-22(32)8-4-14-2-6-16(27)18(29)10-14/h2-3,5-7,9-11,19-20,24,27-31H,4,8,12-13H2,1H3,(H,34,35). The van der Waals surface area contributed by atoms with Gasteiger partial charge in [0, 0.05) is 25.3 Å². The van der Waals surface area contributed by atoms with E-state index in [0.717, 1.165) is 6.08 Å². The van der Waals surface area contributed by atoms with Gasteiger partial charge in [0.05, 0.1) is 19.3 Å². The molecule has 0 aromatic heterocycles. The van der Waals surface area contributed by atoms with Gasteiger partial charge >= 0.3 is 17.9 Å². The Labute approximate surface area is 216 Å². The van der Waals surface area contributed by atoms with Gasteiger partial charge in [0.1, 0.15) is 0 Å². The Hall–Kier alpha value is -4.29. The van der Waals surface area contributed by atoms with Gasteiger partial charge in [-0.25, -0.2) is 9.59 Å². The molecule has 38 heavy (non-hydrogen) atoms. The Bertz CT molecular complexity index is 1210. The third-order valence-corrected chi connectivity index (χ3v) is 6.06. The smallest absolute Gasteiger partial charge is 0.348 e. The maximum atomic E-state index is 12.4. The van der Waals surface area contributed by atoms with Gasteiger partial charge in [-0.15, -0.1) is 0 Å². The number of carbonyl (C=O) groups excluding carboxylic acids is 2. The molecule has 2 aromatic rings. The van der Waals surface area contributed by atoms with Gasteiger partial charge in [-0.3, -0.25) is 4.79 Å². The average Bonchev–Trinajstić information content (AvgIpc) is 2.86. The Morgan fingerprint density at radius 2 is 1.63 bits per heavy atom. The van der Waals surface area contributed by atoms with Crippen LogP contribution in [0.2, 0.25) is 0 Å². The highest BCUT2D eigenvalue weighted by molar-refractivity contribution is 5.90. The van der Waals surface area contributed by atoms with Crippen LogP contribution in [-0.2, 0) is 30.3 Å². The zero-order valence-corrected chi connectivity index (χ0v) is 20.3. The molecule has 0 bridgehead atoms. The summed E-state index contributed by atoms with van der Waals surface area (Å²) in [6.07, 6.45) is -3.87. The molecule has 0 radical (unpaired) electrons. The van der Waals surface area contributed by atoms with Crippen molar-refractivity contribution in [3.05, 3.63) is 53.6 Å². The van der Waals surface area contributed by atoms with Crippen LogP contribution >= 0.6 is 0 Å². The SMILES string of the molecule is COc1cc(C=CC(=O)OC2(C(=O)O)CC(O)C(OC(=O)CCc3ccc(O)c(O)c3)C(O)C2)ccc1O. The maximum absolute atomic E-state index is 12.4. The second kappa shape index (κ2) is 11.8. The number of carbonyl (C=O) groups is 3. The van der Waals surface area contributed by atoms with Gasteiger partial charge in [-0.05, 0) is 47.9 Å². The highest BCUT2D eigenvalue weighted by Crippen LogP contribution is 2.35. The van der Waals surface area contributed by atoms with Crippen molar-refractivity contribution in [3.63, 3.8) is 0 Å². The molecule has 1 aliphatic carbocycles. The van der Waals surface area contributed by atoms with Gasteiger partial charge in [0.25, 0.3) is 0 Å². The van der Waals surface area contributed by atoms with E-state index in [0.29, 0.717) is 11.1 Å². The number of aliphatic hydroxyl groups is 2. The number of carboxylic acids is 1. The first-order valence-corrected chi connectivity index (χ1v) is 11.5. The Balaban J connectivity index is 1.62. The van der Waals surface area contributed by atoms with E-state index in [1.807, 2.05) is 0 Å². The summed E-state index contributed by atoms with van der Waals surface area (Å²) in [5, 5.41) is 59.4. The van der Waals surface area contributed by atoms with Crippen LogP contribution < -0.4 is 4.74 Å². The fraction of sp³-hybridized carbons (Fsp3) is 0.346. The summed E-state index contributed by atoms with van der Waals surface area (Å²) >= 11 is 0. The van der Waals surface area contributed by atoms with Crippen molar-refractivity contribution in [2.24, 2.45) is 0 Å². The molecule has 12 heteroatoms. The van der Waals surface area contributed by atoms with E-state index in [1.165, 1.54) is 49.6 Å². The van der Waals surface area contributed by atoms with Gasteiger partial charge < -0.3 is 44.8 Å².